The van der Waals surface area contributed by atoms with Crippen molar-refractivity contribution in [3.05, 3.63) is 53.4 Å². The third-order valence-corrected chi connectivity index (χ3v) is 6.53. The zero-order chi connectivity index (χ0) is 16.0. The Labute approximate surface area is 144 Å². The first-order chi connectivity index (χ1) is 11.8. The third kappa shape index (κ3) is 1.26. The minimum atomic E-state index is 1.04. The molecule has 0 fully saturated rings. The smallest absolute Gasteiger partial charge is 0.140 e. The Morgan fingerprint density at radius 2 is 1.29 bits per heavy atom. The zero-order valence-corrected chi connectivity index (χ0v) is 14.3. The Morgan fingerprint density at radius 1 is 0.708 bits per heavy atom. The van der Waals surface area contributed by atoms with Crippen LogP contribution in [0.3, 0.4) is 0 Å². The van der Waals surface area contributed by atoms with Crippen LogP contribution in [0.15, 0.2) is 48.5 Å². The lowest BCUT2D eigenvalue weighted by molar-refractivity contribution is 0.416. The maximum absolute atomic E-state index is 5.74. The minimum absolute atomic E-state index is 1.04. The summed E-state index contributed by atoms with van der Waals surface area (Å²) in [6.45, 7) is 2.15. The average Bonchev–Trinajstić information content (AvgIpc) is 3.21. The van der Waals surface area contributed by atoms with E-state index in [1.807, 2.05) is 11.3 Å². The Kier molecular flexibility index (Phi) is 2.18. The van der Waals surface area contributed by atoms with Crippen LogP contribution in [0, 0.1) is 6.92 Å². The summed E-state index contributed by atoms with van der Waals surface area (Å²) in [5, 5.41) is 2.81. The van der Waals surface area contributed by atoms with Gasteiger partial charge in [0.15, 0.2) is 0 Å². The van der Waals surface area contributed by atoms with E-state index >= 15 is 0 Å². The number of thiophene rings is 1. The predicted octanol–water partition coefficient (Wildman–Crippen LogP) is 6.51. The van der Waals surface area contributed by atoms with Crippen molar-refractivity contribution in [1.29, 1.82) is 0 Å². The van der Waals surface area contributed by atoms with Crippen LogP contribution in [0.1, 0.15) is 4.88 Å². The number of hydrogen-bond acceptors (Lipinski definition) is 2. The predicted molar refractivity (Wildman–Crippen MR) is 102 cm³/mol. The van der Waals surface area contributed by atoms with Crippen LogP contribution >= 0.6 is 11.3 Å². The van der Waals surface area contributed by atoms with Crippen molar-refractivity contribution in [2.75, 3.05) is 7.11 Å². The maximum atomic E-state index is 5.74. The number of aryl methyl sites for hydroxylation is 1. The maximum Gasteiger partial charge on any atom is 0.140 e. The molecule has 2 aliphatic carbocycles. The quantitative estimate of drug-likeness (QED) is 0.334. The molecule has 24 heavy (non-hydrogen) atoms. The molecule has 1 aromatic heterocycles. The molecule has 2 aliphatic rings. The van der Waals surface area contributed by atoms with E-state index in [2.05, 4.69) is 55.5 Å². The van der Waals surface area contributed by atoms with Gasteiger partial charge in [-0.15, -0.1) is 11.3 Å². The number of fused-ring (bicyclic) bond motifs is 6. The standard InChI is InChI=1S/C22H14OS/c1-11-21(23-2)20-16-9-7-14-12-5-3-4-6-13(12)15-8-10-17(22(20)24-11)19(16)18(14)15/h3-10H,1-2H3. The van der Waals surface area contributed by atoms with Crippen molar-refractivity contribution < 1.29 is 4.74 Å². The summed E-state index contributed by atoms with van der Waals surface area (Å²) in [5.74, 6) is 1.04. The van der Waals surface area contributed by atoms with Gasteiger partial charge in [-0.2, -0.15) is 0 Å². The van der Waals surface area contributed by atoms with Crippen LogP contribution in [0.5, 0.6) is 5.75 Å². The van der Waals surface area contributed by atoms with E-state index < -0.39 is 0 Å². The highest BCUT2D eigenvalue weighted by atomic mass is 32.1. The van der Waals surface area contributed by atoms with Gasteiger partial charge in [-0.05, 0) is 45.5 Å². The molecule has 0 unspecified atom stereocenters. The van der Waals surface area contributed by atoms with Crippen LogP contribution < -0.4 is 4.74 Å². The first kappa shape index (κ1) is 12.8. The van der Waals surface area contributed by atoms with Gasteiger partial charge in [-0.1, -0.05) is 48.5 Å². The Morgan fingerprint density at radius 3 is 1.96 bits per heavy atom. The van der Waals surface area contributed by atoms with Gasteiger partial charge in [0, 0.05) is 20.9 Å². The highest BCUT2D eigenvalue weighted by molar-refractivity contribution is 7.16. The molecule has 0 spiro atoms. The Balaban J connectivity index is 1.82. The van der Waals surface area contributed by atoms with Crippen LogP contribution in [0.25, 0.3) is 54.6 Å². The highest BCUT2D eigenvalue weighted by Crippen LogP contribution is 2.60. The largest absolute Gasteiger partial charge is 0.495 e. The first-order valence-electron chi connectivity index (χ1n) is 8.17. The zero-order valence-electron chi connectivity index (χ0n) is 13.4. The van der Waals surface area contributed by atoms with E-state index in [-0.39, 0.29) is 0 Å². The molecule has 0 amide bonds. The van der Waals surface area contributed by atoms with Gasteiger partial charge < -0.3 is 4.74 Å². The average molecular weight is 326 g/mol. The number of ether oxygens (including phenoxy) is 1. The molecule has 0 saturated carbocycles. The highest BCUT2D eigenvalue weighted by Gasteiger charge is 2.32. The summed E-state index contributed by atoms with van der Waals surface area (Å²) in [6, 6.07) is 17.9. The lowest BCUT2D eigenvalue weighted by Gasteiger charge is -2.08. The number of methoxy groups -OCH3 is 1. The van der Waals surface area contributed by atoms with Crippen LogP contribution in [-0.2, 0) is 0 Å². The minimum Gasteiger partial charge on any atom is -0.495 e. The molecule has 0 aliphatic heterocycles. The summed E-state index contributed by atoms with van der Waals surface area (Å²) < 4.78 is 5.74. The van der Waals surface area contributed by atoms with Crippen molar-refractivity contribution >= 4 is 22.1 Å². The van der Waals surface area contributed by atoms with E-state index in [1.54, 1.807) is 7.11 Å². The molecule has 2 heteroatoms. The molecule has 0 N–H and O–H groups in total. The first-order valence-corrected chi connectivity index (χ1v) is 8.99. The van der Waals surface area contributed by atoms with Crippen LogP contribution in [0.4, 0.5) is 0 Å². The molecule has 0 radical (unpaired) electrons. The SMILES string of the molecule is COc1c(C)sc2c1-c1ccc3c4c(ccc-2c14)-c1ccccc1-3. The normalized spacial score (nSPS) is 12.6. The molecule has 0 saturated heterocycles. The Bertz CT molecular complexity index is 1170. The van der Waals surface area contributed by atoms with Gasteiger partial charge in [-0.3, -0.25) is 0 Å². The van der Waals surface area contributed by atoms with Crippen LogP contribution in [-0.4, -0.2) is 7.11 Å². The molecule has 0 atom stereocenters. The molecule has 3 aromatic carbocycles. The van der Waals surface area contributed by atoms with Gasteiger partial charge in [0.25, 0.3) is 0 Å². The van der Waals surface area contributed by atoms with Crippen molar-refractivity contribution in [3.8, 4) is 49.6 Å². The van der Waals surface area contributed by atoms with Crippen molar-refractivity contribution in [1.82, 2.24) is 0 Å². The number of rotatable bonds is 1. The second-order valence-corrected chi connectivity index (χ2v) is 7.74. The van der Waals surface area contributed by atoms with Crippen LogP contribution in [0.2, 0.25) is 0 Å². The van der Waals surface area contributed by atoms with E-state index in [9.17, 15) is 0 Å². The third-order valence-electron chi connectivity index (χ3n) is 5.42. The molecule has 0 bridgehead atoms. The fraction of sp³-hybridized carbons (Fsp3) is 0.0909. The fourth-order valence-corrected chi connectivity index (χ4v) is 5.67. The lowest BCUT2D eigenvalue weighted by Crippen LogP contribution is -1.85. The molecular weight excluding hydrogens is 312 g/mol. The van der Waals surface area contributed by atoms with Crippen molar-refractivity contribution in [3.63, 3.8) is 0 Å². The summed E-state index contributed by atoms with van der Waals surface area (Å²) in [4.78, 5) is 2.62. The molecule has 1 heterocycles. The van der Waals surface area contributed by atoms with E-state index in [4.69, 9.17) is 4.74 Å². The molecule has 1 nitrogen and oxygen atoms in total. The topological polar surface area (TPSA) is 9.23 Å². The van der Waals surface area contributed by atoms with Gasteiger partial charge >= 0.3 is 0 Å². The summed E-state index contributed by atoms with van der Waals surface area (Å²) >= 11 is 1.85. The summed E-state index contributed by atoms with van der Waals surface area (Å²) in [6.07, 6.45) is 0. The van der Waals surface area contributed by atoms with Crippen molar-refractivity contribution in [2.45, 2.75) is 6.92 Å². The molecular formula is C22H14OS. The second-order valence-electron chi connectivity index (χ2n) is 6.51. The van der Waals surface area contributed by atoms with Crippen molar-refractivity contribution in [2.24, 2.45) is 0 Å². The number of benzene rings is 3. The van der Waals surface area contributed by atoms with E-state index in [0.717, 1.165) is 5.75 Å². The number of hydrogen-bond donors (Lipinski definition) is 0. The molecule has 114 valence electrons. The lowest BCUT2D eigenvalue weighted by atomic mass is 9.97. The monoisotopic (exact) mass is 326 g/mol. The van der Waals surface area contributed by atoms with E-state index in [1.165, 1.54) is 59.5 Å². The van der Waals surface area contributed by atoms with Gasteiger partial charge in [-0.25, -0.2) is 0 Å². The summed E-state index contributed by atoms with van der Waals surface area (Å²) in [5.41, 5.74) is 9.43. The molecule has 4 aromatic rings. The molecule has 6 rings (SSSR count). The van der Waals surface area contributed by atoms with E-state index in [0.29, 0.717) is 0 Å². The van der Waals surface area contributed by atoms with Gasteiger partial charge in [0.1, 0.15) is 5.75 Å². The Hall–Kier alpha value is -2.58. The summed E-state index contributed by atoms with van der Waals surface area (Å²) in [7, 11) is 1.78. The van der Waals surface area contributed by atoms with Gasteiger partial charge in [0.05, 0.1) is 7.11 Å². The fourth-order valence-electron chi connectivity index (χ4n) is 4.50. The van der Waals surface area contributed by atoms with Gasteiger partial charge in [0.2, 0.25) is 0 Å². The second kappa shape index (κ2) is 4.08.